The van der Waals surface area contributed by atoms with Gasteiger partial charge in [-0.2, -0.15) is 0 Å². The lowest BCUT2D eigenvalue weighted by molar-refractivity contribution is -0.166. The van der Waals surface area contributed by atoms with Gasteiger partial charge in [0.1, 0.15) is 11.1 Å². The molecule has 0 aromatic carbocycles. The van der Waals surface area contributed by atoms with E-state index in [4.69, 9.17) is 21.1 Å². The summed E-state index contributed by atoms with van der Waals surface area (Å²) in [4.78, 5) is 24.0. The van der Waals surface area contributed by atoms with Crippen LogP contribution in [0.5, 0.6) is 0 Å². The molecule has 0 bridgehead atoms. The summed E-state index contributed by atoms with van der Waals surface area (Å²) in [5.74, 6) is -0.462. The van der Waals surface area contributed by atoms with Crippen LogP contribution in [0, 0.1) is 5.41 Å². The van der Waals surface area contributed by atoms with E-state index in [1.54, 1.807) is 20.8 Å². The number of alkyl carbamates (subject to hydrolysis) is 1. The lowest BCUT2D eigenvalue weighted by Gasteiger charge is -2.59. The van der Waals surface area contributed by atoms with Gasteiger partial charge in [0.05, 0.1) is 0 Å². The summed E-state index contributed by atoms with van der Waals surface area (Å²) >= 11 is 5.46. The van der Waals surface area contributed by atoms with Gasteiger partial charge < -0.3 is 14.8 Å². The molecule has 0 atom stereocenters. The Morgan fingerprint density at radius 1 is 1.25 bits per heavy atom. The lowest BCUT2D eigenvalue weighted by Crippen LogP contribution is -2.68. The van der Waals surface area contributed by atoms with E-state index in [1.165, 1.54) is 6.42 Å². The molecule has 114 valence electrons. The van der Waals surface area contributed by atoms with Gasteiger partial charge in [0.25, 0.3) is 0 Å². The Bertz CT molecular complexity index is 404. The number of carbonyl (C=O) groups is 2. The van der Waals surface area contributed by atoms with Crippen LogP contribution in [-0.4, -0.2) is 29.3 Å². The third-order valence-corrected chi connectivity index (χ3v) is 4.19. The van der Waals surface area contributed by atoms with Gasteiger partial charge in [0.15, 0.2) is 6.07 Å². The maximum Gasteiger partial charge on any atom is 0.408 e. The molecule has 0 unspecified atom stereocenters. The van der Waals surface area contributed by atoms with Gasteiger partial charge in [-0.3, -0.25) is 0 Å². The predicted molar refractivity (Wildman–Crippen MR) is 74.4 cm³/mol. The highest BCUT2D eigenvalue weighted by atomic mass is 35.5. The molecule has 0 heterocycles. The minimum Gasteiger partial charge on any atom is -0.448 e. The van der Waals surface area contributed by atoms with Gasteiger partial charge in [0.2, 0.25) is 0 Å². The molecule has 0 aliphatic heterocycles. The fraction of sp³-hybridized carbons (Fsp3) is 0.857. The van der Waals surface area contributed by atoms with E-state index in [0.717, 1.165) is 12.8 Å². The van der Waals surface area contributed by atoms with Crippen LogP contribution in [-0.2, 0) is 14.3 Å². The van der Waals surface area contributed by atoms with Crippen LogP contribution in [0.3, 0.4) is 0 Å². The van der Waals surface area contributed by atoms with Crippen molar-refractivity contribution in [2.24, 2.45) is 5.41 Å². The van der Waals surface area contributed by atoms with E-state index < -0.39 is 23.2 Å². The van der Waals surface area contributed by atoms with Crippen LogP contribution >= 0.6 is 11.6 Å². The van der Waals surface area contributed by atoms with Crippen LogP contribution in [0.25, 0.3) is 0 Å². The molecule has 2 rings (SSSR count). The third-order valence-electron chi connectivity index (χ3n) is 4.08. The van der Waals surface area contributed by atoms with Crippen molar-refractivity contribution in [3.8, 4) is 0 Å². The highest BCUT2D eigenvalue weighted by molar-refractivity contribution is 6.17. The number of rotatable bonds is 3. The lowest BCUT2D eigenvalue weighted by atomic mass is 9.48. The summed E-state index contributed by atoms with van der Waals surface area (Å²) in [6.45, 7) is 5.35. The first-order valence-electron chi connectivity index (χ1n) is 6.95. The van der Waals surface area contributed by atoms with E-state index in [0.29, 0.717) is 12.8 Å². The SMILES string of the molecule is CC(C)(C)OC(=O)NC1(C(=O)OCCl)CC2(CCC2)C1. The normalized spacial score (nSPS) is 22.4. The maximum absolute atomic E-state index is 12.1. The summed E-state index contributed by atoms with van der Waals surface area (Å²) < 4.78 is 10.1. The van der Waals surface area contributed by atoms with E-state index in [1.807, 2.05) is 0 Å². The van der Waals surface area contributed by atoms with Crippen LogP contribution in [0.15, 0.2) is 0 Å². The van der Waals surface area contributed by atoms with Gasteiger partial charge in [-0.25, -0.2) is 9.59 Å². The smallest absolute Gasteiger partial charge is 0.408 e. The fourth-order valence-electron chi connectivity index (χ4n) is 3.23. The number of carbonyl (C=O) groups excluding carboxylic acids is 2. The Hall–Kier alpha value is -0.970. The standard InChI is InChI=1S/C14H22ClNO4/c1-12(2,3)20-11(18)16-14(10(17)19-9-15)7-13(8-14)5-4-6-13/h4-9H2,1-3H3,(H,16,18). The van der Waals surface area contributed by atoms with E-state index in [9.17, 15) is 9.59 Å². The molecule has 2 fully saturated rings. The number of hydrogen-bond donors (Lipinski definition) is 1. The minimum absolute atomic E-state index is 0.205. The Balaban J connectivity index is 2.01. The van der Waals surface area contributed by atoms with Crippen molar-refractivity contribution in [2.75, 3.05) is 6.07 Å². The topological polar surface area (TPSA) is 64.6 Å². The van der Waals surface area contributed by atoms with Gasteiger partial charge in [0, 0.05) is 0 Å². The molecule has 2 aliphatic rings. The number of hydrogen-bond acceptors (Lipinski definition) is 4. The summed E-state index contributed by atoms with van der Waals surface area (Å²) in [5.41, 5.74) is -1.35. The zero-order chi connectivity index (χ0) is 15.0. The van der Waals surface area contributed by atoms with Gasteiger partial charge >= 0.3 is 12.1 Å². The third kappa shape index (κ3) is 3.03. The molecule has 1 N–H and O–H groups in total. The quantitative estimate of drug-likeness (QED) is 0.643. The molecule has 1 amide bonds. The number of amides is 1. The molecule has 0 radical (unpaired) electrons. The minimum atomic E-state index is -0.961. The molecular formula is C14H22ClNO4. The molecular weight excluding hydrogens is 282 g/mol. The molecule has 2 saturated carbocycles. The molecule has 6 heteroatoms. The molecule has 1 spiro atoms. The van der Waals surface area contributed by atoms with Gasteiger partial charge in [-0.1, -0.05) is 18.0 Å². The van der Waals surface area contributed by atoms with Crippen molar-refractivity contribution in [1.29, 1.82) is 0 Å². The summed E-state index contributed by atoms with van der Waals surface area (Å²) in [6, 6.07) is -0.205. The number of esters is 1. The number of alkyl halides is 1. The summed E-state index contributed by atoms with van der Waals surface area (Å²) in [6.07, 6.45) is 4.06. The monoisotopic (exact) mass is 303 g/mol. The second-order valence-corrected chi connectivity index (χ2v) is 7.18. The first-order chi connectivity index (χ1) is 9.20. The number of ether oxygens (including phenoxy) is 2. The predicted octanol–water partition coefficient (Wildman–Crippen LogP) is 2.95. The Morgan fingerprint density at radius 2 is 1.85 bits per heavy atom. The molecule has 20 heavy (non-hydrogen) atoms. The maximum atomic E-state index is 12.1. The van der Waals surface area contributed by atoms with Crippen LogP contribution in [0.2, 0.25) is 0 Å². The largest absolute Gasteiger partial charge is 0.448 e. The van der Waals surface area contributed by atoms with Crippen LogP contribution in [0.1, 0.15) is 52.9 Å². The second kappa shape index (κ2) is 5.10. The van der Waals surface area contributed by atoms with Crippen molar-refractivity contribution in [3.63, 3.8) is 0 Å². The van der Waals surface area contributed by atoms with Gasteiger partial charge in [-0.15, -0.1) is 0 Å². The number of nitrogens with one attached hydrogen (secondary N) is 1. The molecule has 2 aliphatic carbocycles. The highest BCUT2D eigenvalue weighted by Crippen LogP contribution is 2.60. The van der Waals surface area contributed by atoms with E-state index in [-0.39, 0.29) is 11.5 Å². The number of halogens is 1. The van der Waals surface area contributed by atoms with Crippen molar-refractivity contribution in [2.45, 2.75) is 64.0 Å². The first-order valence-corrected chi connectivity index (χ1v) is 7.48. The average molecular weight is 304 g/mol. The second-order valence-electron chi connectivity index (χ2n) is 6.96. The first kappa shape index (κ1) is 15.4. The van der Waals surface area contributed by atoms with Crippen molar-refractivity contribution in [3.05, 3.63) is 0 Å². The van der Waals surface area contributed by atoms with Gasteiger partial charge in [-0.05, 0) is 51.9 Å². The fourth-order valence-corrected chi connectivity index (χ4v) is 3.33. The Morgan fingerprint density at radius 3 is 2.25 bits per heavy atom. The van der Waals surface area contributed by atoms with Crippen molar-refractivity contribution in [1.82, 2.24) is 5.32 Å². The van der Waals surface area contributed by atoms with Crippen molar-refractivity contribution < 1.29 is 19.1 Å². The Kier molecular flexibility index (Phi) is 3.93. The average Bonchev–Trinajstić information content (AvgIpc) is 2.17. The highest BCUT2D eigenvalue weighted by Gasteiger charge is 2.62. The van der Waals surface area contributed by atoms with Crippen molar-refractivity contribution >= 4 is 23.7 Å². The summed E-state index contributed by atoms with van der Waals surface area (Å²) in [7, 11) is 0. The zero-order valence-corrected chi connectivity index (χ0v) is 13.0. The molecule has 0 aromatic rings. The van der Waals surface area contributed by atoms with E-state index in [2.05, 4.69) is 5.32 Å². The zero-order valence-electron chi connectivity index (χ0n) is 12.3. The van der Waals surface area contributed by atoms with Crippen LogP contribution < -0.4 is 5.32 Å². The molecule has 5 nitrogen and oxygen atoms in total. The summed E-state index contributed by atoms with van der Waals surface area (Å²) in [5, 5.41) is 2.70. The molecule has 0 aromatic heterocycles. The van der Waals surface area contributed by atoms with Crippen LogP contribution in [0.4, 0.5) is 4.79 Å². The van der Waals surface area contributed by atoms with E-state index >= 15 is 0 Å². The molecule has 0 saturated heterocycles. The Labute approximate surface area is 124 Å².